The number of benzene rings is 2. The Bertz CT molecular complexity index is 656. The number of para-hydroxylation sites is 1. The van der Waals surface area contributed by atoms with E-state index in [2.05, 4.69) is 0 Å². The van der Waals surface area contributed by atoms with Gasteiger partial charge in [-0.1, -0.05) is 6.07 Å². The van der Waals surface area contributed by atoms with Crippen molar-refractivity contribution >= 4 is 11.6 Å². The molecule has 0 aliphatic carbocycles. The molecule has 0 aliphatic heterocycles. The van der Waals surface area contributed by atoms with E-state index in [9.17, 15) is 22.4 Å². The van der Waals surface area contributed by atoms with Crippen molar-refractivity contribution < 1.29 is 27.1 Å². The monoisotopic (exact) mass is 299 g/mol. The number of halogens is 4. The van der Waals surface area contributed by atoms with Crippen LogP contribution in [0.3, 0.4) is 0 Å². The van der Waals surface area contributed by atoms with Gasteiger partial charge in [-0.05, 0) is 24.3 Å². The summed E-state index contributed by atoms with van der Waals surface area (Å²) in [6, 6.07) is 5.82. The van der Waals surface area contributed by atoms with Gasteiger partial charge in [-0.25, -0.2) is 17.6 Å². The second-order valence-electron chi connectivity index (χ2n) is 4.01. The van der Waals surface area contributed by atoms with Crippen LogP contribution in [-0.2, 0) is 4.79 Å². The molecule has 0 spiro atoms. The Morgan fingerprint density at radius 1 is 0.952 bits per heavy atom. The predicted molar refractivity (Wildman–Crippen MR) is 66.8 cm³/mol. The first-order valence-electron chi connectivity index (χ1n) is 5.79. The van der Waals surface area contributed by atoms with Gasteiger partial charge in [0.25, 0.3) is 5.91 Å². The van der Waals surface area contributed by atoms with Crippen molar-refractivity contribution in [3.8, 4) is 5.75 Å². The summed E-state index contributed by atoms with van der Waals surface area (Å²) < 4.78 is 57.0. The average molecular weight is 299 g/mol. The van der Waals surface area contributed by atoms with E-state index in [0.717, 1.165) is 36.4 Å². The van der Waals surface area contributed by atoms with Crippen molar-refractivity contribution in [3.63, 3.8) is 0 Å². The molecule has 0 radical (unpaired) electrons. The SMILES string of the molecule is O=C(COc1ccc(F)c(F)c1)Nc1c(F)cccc1F. The molecule has 2 rings (SSSR count). The lowest BCUT2D eigenvalue weighted by Gasteiger charge is -2.09. The van der Waals surface area contributed by atoms with Crippen LogP contribution < -0.4 is 10.1 Å². The number of anilines is 1. The maximum Gasteiger partial charge on any atom is 0.262 e. The highest BCUT2D eigenvalue weighted by Gasteiger charge is 2.12. The number of amides is 1. The Morgan fingerprint density at radius 2 is 1.62 bits per heavy atom. The Hall–Kier alpha value is -2.57. The van der Waals surface area contributed by atoms with Gasteiger partial charge in [-0.3, -0.25) is 4.79 Å². The Kier molecular flexibility index (Phi) is 4.42. The lowest BCUT2D eigenvalue weighted by atomic mass is 10.3. The van der Waals surface area contributed by atoms with E-state index in [1.165, 1.54) is 0 Å². The molecule has 2 aromatic rings. The number of ether oxygens (including phenoxy) is 1. The fraction of sp³-hybridized carbons (Fsp3) is 0.0714. The highest BCUT2D eigenvalue weighted by molar-refractivity contribution is 5.92. The van der Waals surface area contributed by atoms with Gasteiger partial charge in [-0.2, -0.15) is 0 Å². The number of nitrogens with one attached hydrogen (secondary N) is 1. The molecular weight excluding hydrogens is 290 g/mol. The van der Waals surface area contributed by atoms with Gasteiger partial charge in [0.2, 0.25) is 0 Å². The maximum atomic E-state index is 13.3. The highest BCUT2D eigenvalue weighted by atomic mass is 19.2. The number of carbonyl (C=O) groups excluding carboxylic acids is 1. The fourth-order valence-corrected chi connectivity index (χ4v) is 1.51. The lowest BCUT2D eigenvalue weighted by molar-refractivity contribution is -0.118. The van der Waals surface area contributed by atoms with Crippen LogP contribution >= 0.6 is 0 Å². The van der Waals surface area contributed by atoms with E-state index in [4.69, 9.17) is 4.74 Å². The third kappa shape index (κ3) is 3.71. The van der Waals surface area contributed by atoms with Crippen molar-refractivity contribution in [2.75, 3.05) is 11.9 Å². The van der Waals surface area contributed by atoms with Crippen molar-refractivity contribution in [2.45, 2.75) is 0 Å². The molecule has 0 saturated carbocycles. The quantitative estimate of drug-likeness (QED) is 0.880. The molecule has 0 aromatic heterocycles. The first-order chi connectivity index (χ1) is 9.97. The first-order valence-corrected chi connectivity index (χ1v) is 5.79. The summed E-state index contributed by atoms with van der Waals surface area (Å²) in [6.07, 6.45) is 0. The third-order valence-electron chi connectivity index (χ3n) is 2.49. The largest absolute Gasteiger partial charge is 0.484 e. The molecule has 21 heavy (non-hydrogen) atoms. The molecule has 1 N–H and O–H groups in total. The molecule has 0 bridgehead atoms. The number of rotatable bonds is 4. The van der Waals surface area contributed by atoms with Crippen molar-refractivity contribution in [3.05, 3.63) is 59.7 Å². The van der Waals surface area contributed by atoms with Gasteiger partial charge in [-0.15, -0.1) is 0 Å². The summed E-state index contributed by atoms with van der Waals surface area (Å²) in [6.45, 7) is -0.612. The summed E-state index contributed by atoms with van der Waals surface area (Å²) in [5.74, 6) is -4.98. The molecule has 1 amide bonds. The second kappa shape index (κ2) is 6.25. The highest BCUT2D eigenvalue weighted by Crippen LogP contribution is 2.18. The third-order valence-corrected chi connectivity index (χ3v) is 2.49. The van der Waals surface area contributed by atoms with E-state index in [0.29, 0.717) is 0 Å². The molecule has 110 valence electrons. The minimum atomic E-state index is -1.13. The molecular formula is C14H9F4NO2. The van der Waals surface area contributed by atoms with Gasteiger partial charge >= 0.3 is 0 Å². The zero-order chi connectivity index (χ0) is 15.4. The molecule has 3 nitrogen and oxygen atoms in total. The summed E-state index contributed by atoms with van der Waals surface area (Å²) in [5.41, 5.74) is -0.601. The van der Waals surface area contributed by atoms with Crippen LogP contribution in [0.5, 0.6) is 5.75 Å². The van der Waals surface area contributed by atoms with E-state index in [1.807, 2.05) is 5.32 Å². The van der Waals surface area contributed by atoms with Crippen LogP contribution in [-0.4, -0.2) is 12.5 Å². The van der Waals surface area contributed by atoms with Crippen LogP contribution in [0, 0.1) is 23.3 Å². The number of hydrogen-bond acceptors (Lipinski definition) is 2. The Balaban J connectivity index is 1.97. The molecule has 7 heteroatoms. The maximum absolute atomic E-state index is 13.3. The van der Waals surface area contributed by atoms with E-state index >= 15 is 0 Å². The van der Waals surface area contributed by atoms with Crippen LogP contribution in [0.2, 0.25) is 0 Å². The van der Waals surface area contributed by atoms with Gasteiger partial charge < -0.3 is 10.1 Å². The Labute approximate surface area is 117 Å². The molecule has 0 fully saturated rings. The zero-order valence-electron chi connectivity index (χ0n) is 10.5. The van der Waals surface area contributed by atoms with Gasteiger partial charge in [0.05, 0.1) is 0 Å². The van der Waals surface area contributed by atoms with Crippen LogP contribution in [0.25, 0.3) is 0 Å². The van der Waals surface area contributed by atoms with Crippen molar-refractivity contribution in [2.24, 2.45) is 0 Å². The number of carbonyl (C=O) groups is 1. The van der Waals surface area contributed by atoms with Gasteiger partial charge in [0, 0.05) is 6.07 Å². The number of hydrogen-bond donors (Lipinski definition) is 1. The van der Waals surface area contributed by atoms with E-state index in [1.54, 1.807) is 0 Å². The normalized spacial score (nSPS) is 10.3. The summed E-state index contributed by atoms with van der Waals surface area (Å²) in [4.78, 5) is 11.5. The summed E-state index contributed by atoms with van der Waals surface area (Å²) in [5, 5.41) is 1.99. The molecule has 0 heterocycles. The topological polar surface area (TPSA) is 38.3 Å². The first kappa shape index (κ1) is 14.8. The summed E-state index contributed by atoms with van der Waals surface area (Å²) >= 11 is 0. The Morgan fingerprint density at radius 3 is 2.24 bits per heavy atom. The molecule has 2 aromatic carbocycles. The predicted octanol–water partition coefficient (Wildman–Crippen LogP) is 3.26. The van der Waals surface area contributed by atoms with E-state index < -0.39 is 41.5 Å². The average Bonchev–Trinajstić information content (AvgIpc) is 2.44. The minimum Gasteiger partial charge on any atom is -0.484 e. The molecule has 0 atom stereocenters. The fourth-order valence-electron chi connectivity index (χ4n) is 1.51. The van der Waals surface area contributed by atoms with Crippen LogP contribution in [0.4, 0.5) is 23.2 Å². The van der Waals surface area contributed by atoms with Crippen molar-refractivity contribution in [1.29, 1.82) is 0 Å². The van der Waals surface area contributed by atoms with Crippen LogP contribution in [0.1, 0.15) is 0 Å². The zero-order valence-corrected chi connectivity index (χ0v) is 10.5. The second-order valence-corrected chi connectivity index (χ2v) is 4.01. The smallest absolute Gasteiger partial charge is 0.262 e. The molecule has 0 aliphatic rings. The van der Waals surface area contributed by atoms with Crippen molar-refractivity contribution in [1.82, 2.24) is 0 Å². The standard InChI is InChI=1S/C14H9F4NO2/c15-9-5-4-8(6-12(9)18)21-7-13(20)19-14-10(16)2-1-3-11(14)17/h1-6H,7H2,(H,19,20). The minimum absolute atomic E-state index is 0.0851. The molecule has 0 unspecified atom stereocenters. The molecule has 0 saturated heterocycles. The van der Waals surface area contributed by atoms with E-state index in [-0.39, 0.29) is 5.75 Å². The van der Waals surface area contributed by atoms with Gasteiger partial charge in [0.1, 0.15) is 23.1 Å². The van der Waals surface area contributed by atoms with Crippen LogP contribution in [0.15, 0.2) is 36.4 Å². The van der Waals surface area contributed by atoms with Gasteiger partial charge in [0.15, 0.2) is 18.2 Å². The lowest BCUT2D eigenvalue weighted by Crippen LogP contribution is -2.21. The summed E-state index contributed by atoms with van der Waals surface area (Å²) in [7, 11) is 0.